The van der Waals surface area contributed by atoms with Gasteiger partial charge < -0.3 is 5.32 Å². The van der Waals surface area contributed by atoms with Gasteiger partial charge in [0, 0.05) is 19.0 Å². The Morgan fingerprint density at radius 1 is 1.33 bits per heavy atom. The quantitative estimate of drug-likeness (QED) is 0.856. The fourth-order valence-electron chi connectivity index (χ4n) is 1.86. The topological polar surface area (TPSA) is 66.5 Å². The summed E-state index contributed by atoms with van der Waals surface area (Å²) >= 11 is 11.7. The molecule has 0 heterocycles. The summed E-state index contributed by atoms with van der Waals surface area (Å²) in [4.78, 5) is 11.7. The normalized spacial score (nSPS) is 14.8. The molecule has 1 aliphatic rings. The highest BCUT2D eigenvalue weighted by atomic mass is 35.5. The van der Waals surface area contributed by atoms with E-state index in [4.69, 9.17) is 23.2 Å². The zero-order chi connectivity index (χ0) is 15.6. The molecule has 0 spiro atoms. The maximum atomic E-state index is 11.9. The lowest BCUT2D eigenvalue weighted by molar-refractivity contribution is -0.121. The minimum absolute atomic E-state index is 0.0648. The van der Waals surface area contributed by atoms with Gasteiger partial charge in [0.25, 0.3) is 0 Å². The van der Waals surface area contributed by atoms with Gasteiger partial charge in [-0.25, -0.2) is 8.42 Å². The molecule has 8 heteroatoms. The number of benzene rings is 1. The first kappa shape index (κ1) is 16.4. The number of carbonyl (C=O) groups is 1. The number of amides is 1. The van der Waals surface area contributed by atoms with Crippen LogP contribution < -0.4 is 9.62 Å². The molecule has 0 bridgehead atoms. The minimum atomic E-state index is -3.50. The maximum Gasteiger partial charge on any atom is 0.232 e. The molecule has 1 aromatic carbocycles. The van der Waals surface area contributed by atoms with Crippen molar-refractivity contribution in [3.63, 3.8) is 0 Å². The standard InChI is InChI=1S/C13H16Cl2N2O3S/c1-21(19,20)17(7-6-13(18)16-9-2-3-9)10-4-5-11(14)12(15)8-10/h4-5,8-9H,2-3,6-7H2,1H3,(H,16,18). The summed E-state index contributed by atoms with van der Waals surface area (Å²) < 4.78 is 24.9. The molecular weight excluding hydrogens is 335 g/mol. The van der Waals surface area contributed by atoms with Crippen LogP contribution in [0.4, 0.5) is 5.69 Å². The fraction of sp³-hybridized carbons (Fsp3) is 0.462. The average Bonchev–Trinajstić information content (AvgIpc) is 3.16. The van der Waals surface area contributed by atoms with E-state index in [2.05, 4.69) is 5.32 Å². The van der Waals surface area contributed by atoms with Crippen molar-refractivity contribution in [3.05, 3.63) is 28.2 Å². The maximum absolute atomic E-state index is 11.9. The number of halogens is 2. The number of sulfonamides is 1. The van der Waals surface area contributed by atoms with E-state index < -0.39 is 10.0 Å². The Morgan fingerprint density at radius 2 is 2.00 bits per heavy atom. The number of carbonyl (C=O) groups excluding carboxylic acids is 1. The van der Waals surface area contributed by atoms with Crippen molar-refractivity contribution < 1.29 is 13.2 Å². The second-order valence-electron chi connectivity index (χ2n) is 5.03. The predicted octanol–water partition coefficient (Wildman–Crippen LogP) is 2.43. The Morgan fingerprint density at radius 3 is 2.52 bits per heavy atom. The summed E-state index contributed by atoms with van der Waals surface area (Å²) in [6.07, 6.45) is 3.18. The lowest BCUT2D eigenvalue weighted by Crippen LogP contribution is -2.35. The van der Waals surface area contributed by atoms with Crippen LogP contribution in [0.1, 0.15) is 19.3 Å². The van der Waals surface area contributed by atoms with E-state index in [0.29, 0.717) is 10.7 Å². The lowest BCUT2D eigenvalue weighted by atomic mass is 10.3. The monoisotopic (exact) mass is 350 g/mol. The van der Waals surface area contributed by atoms with Crippen molar-refractivity contribution in [3.8, 4) is 0 Å². The minimum Gasteiger partial charge on any atom is -0.353 e. The zero-order valence-electron chi connectivity index (χ0n) is 11.5. The van der Waals surface area contributed by atoms with Crippen LogP contribution in [0.15, 0.2) is 18.2 Å². The molecule has 2 rings (SSSR count). The van der Waals surface area contributed by atoms with Crippen LogP contribution in [0.5, 0.6) is 0 Å². The Bertz CT molecular complexity index is 645. The molecule has 116 valence electrons. The van der Waals surface area contributed by atoms with E-state index in [1.165, 1.54) is 12.1 Å². The first-order valence-electron chi connectivity index (χ1n) is 6.49. The van der Waals surface area contributed by atoms with Gasteiger partial charge in [0.2, 0.25) is 15.9 Å². The van der Waals surface area contributed by atoms with Crippen LogP contribution >= 0.6 is 23.2 Å². The summed E-state index contributed by atoms with van der Waals surface area (Å²) in [5, 5.41) is 3.44. The number of rotatable bonds is 6. The highest BCUT2D eigenvalue weighted by Gasteiger charge is 2.24. The molecule has 1 aromatic rings. The average molecular weight is 351 g/mol. The van der Waals surface area contributed by atoms with Gasteiger partial charge in [-0.3, -0.25) is 9.10 Å². The Labute approximate surface area is 134 Å². The third-order valence-electron chi connectivity index (χ3n) is 3.08. The number of hydrogen-bond acceptors (Lipinski definition) is 3. The van der Waals surface area contributed by atoms with Crippen LogP contribution in [0.3, 0.4) is 0 Å². The summed E-state index contributed by atoms with van der Waals surface area (Å²) in [7, 11) is -3.50. The van der Waals surface area contributed by atoms with Crippen LogP contribution in [0.2, 0.25) is 10.0 Å². The van der Waals surface area contributed by atoms with Gasteiger partial charge >= 0.3 is 0 Å². The van der Waals surface area contributed by atoms with Gasteiger partial charge in [0.05, 0.1) is 22.0 Å². The highest BCUT2D eigenvalue weighted by molar-refractivity contribution is 7.92. The van der Waals surface area contributed by atoms with Gasteiger partial charge in [-0.1, -0.05) is 23.2 Å². The number of nitrogens with one attached hydrogen (secondary N) is 1. The second kappa shape index (κ2) is 6.42. The van der Waals surface area contributed by atoms with E-state index in [9.17, 15) is 13.2 Å². The molecule has 0 atom stereocenters. The van der Waals surface area contributed by atoms with E-state index >= 15 is 0 Å². The first-order chi connectivity index (χ1) is 9.77. The van der Waals surface area contributed by atoms with Crippen LogP contribution in [0.25, 0.3) is 0 Å². The number of anilines is 1. The molecular formula is C13H16Cl2N2O3S. The van der Waals surface area contributed by atoms with Crippen molar-refractivity contribution in [1.29, 1.82) is 0 Å². The van der Waals surface area contributed by atoms with Gasteiger partial charge in [-0.2, -0.15) is 0 Å². The smallest absolute Gasteiger partial charge is 0.232 e. The largest absolute Gasteiger partial charge is 0.353 e. The van der Waals surface area contributed by atoms with Crippen molar-refractivity contribution in [2.24, 2.45) is 0 Å². The third kappa shape index (κ3) is 4.76. The van der Waals surface area contributed by atoms with Crippen LogP contribution in [0, 0.1) is 0 Å². The fourth-order valence-corrected chi connectivity index (χ4v) is 3.07. The van der Waals surface area contributed by atoms with E-state index in [1.807, 2.05) is 0 Å². The van der Waals surface area contributed by atoms with E-state index in [1.54, 1.807) is 6.07 Å². The molecule has 1 saturated carbocycles. The second-order valence-corrected chi connectivity index (χ2v) is 7.75. The summed E-state index contributed by atoms with van der Waals surface area (Å²) in [6.45, 7) is 0.0648. The summed E-state index contributed by atoms with van der Waals surface area (Å²) in [5.41, 5.74) is 0.395. The summed E-state index contributed by atoms with van der Waals surface area (Å²) in [5.74, 6) is -0.147. The molecule has 0 aromatic heterocycles. The van der Waals surface area contributed by atoms with Crippen molar-refractivity contribution in [2.75, 3.05) is 17.1 Å². The lowest BCUT2D eigenvalue weighted by Gasteiger charge is -2.22. The number of hydrogen-bond donors (Lipinski definition) is 1. The molecule has 1 amide bonds. The Hall–Kier alpha value is -0.980. The molecule has 21 heavy (non-hydrogen) atoms. The van der Waals surface area contributed by atoms with Crippen LogP contribution in [-0.2, 0) is 14.8 Å². The highest BCUT2D eigenvalue weighted by Crippen LogP contribution is 2.28. The van der Waals surface area contributed by atoms with Gasteiger partial charge in [0.1, 0.15) is 0 Å². The predicted molar refractivity (Wildman–Crippen MR) is 84.4 cm³/mol. The zero-order valence-corrected chi connectivity index (χ0v) is 13.8. The van der Waals surface area contributed by atoms with Crippen LogP contribution in [-0.4, -0.2) is 33.2 Å². The Kier molecular flexibility index (Phi) is 5.01. The molecule has 5 nitrogen and oxygen atoms in total. The van der Waals surface area contributed by atoms with E-state index in [-0.39, 0.29) is 29.9 Å². The molecule has 1 fully saturated rings. The van der Waals surface area contributed by atoms with E-state index in [0.717, 1.165) is 23.4 Å². The first-order valence-corrected chi connectivity index (χ1v) is 9.10. The Balaban J connectivity index is 2.10. The molecule has 1 N–H and O–H groups in total. The molecule has 0 aliphatic heterocycles. The van der Waals surface area contributed by atoms with Crippen molar-refractivity contribution >= 4 is 44.8 Å². The molecule has 1 aliphatic carbocycles. The van der Waals surface area contributed by atoms with Gasteiger partial charge in [-0.15, -0.1) is 0 Å². The SMILES string of the molecule is CS(=O)(=O)N(CCC(=O)NC1CC1)c1ccc(Cl)c(Cl)c1. The third-order valence-corrected chi connectivity index (χ3v) is 5.01. The molecule has 0 saturated heterocycles. The van der Waals surface area contributed by atoms with Crippen molar-refractivity contribution in [2.45, 2.75) is 25.3 Å². The number of nitrogens with zero attached hydrogens (tertiary/aromatic N) is 1. The van der Waals surface area contributed by atoms with Crippen molar-refractivity contribution in [1.82, 2.24) is 5.32 Å². The van der Waals surface area contributed by atoms with Gasteiger partial charge in [-0.05, 0) is 31.0 Å². The molecule has 0 unspecified atom stereocenters. The van der Waals surface area contributed by atoms with Gasteiger partial charge in [0.15, 0.2) is 0 Å². The molecule has 0 radical (unpaired) electrons. The summed E-state index contributed by atoms with van der Waals surface area (Å²) in [6, 6.07) is 4.83.